The van der Waals surface area contributed by atoms with Gasteiger partial charge in [-0.15, -0.1) is 0 Å². The van der Waals surface area contributed by atoms with E-state index in [1.807, 2.05) is 54.7 Å². The van der Waals surface area contributed by atoms with Crippen molar-refractivity contribution in [1.29, 1.82) is 0 Å². The number of benzene rings is 2. The second-order valence-electron chi connectivity index (χ2n) is 10.2. The van der Waals surface area contributed by atoms with Gasteiger partial charge in [0.2, 0.25) is 10.0 Å². The van der Waals surface area contributed by atoms with Gasteiger partial charge >= 0.3 is 0 Å². The van der Waals surface area contributed by atoms with E-state index >= 15 is 0 Å². The van der Waals surface area contributed by atoms with Crippen molar-refractivity contribution in [2.75, 3.05) is 18.8 Å². The highest BCUT2D eigenvalue weighted by atomic mass is 35.5. The predicted molar refractivity (Wildman–Crippen MR) is 152 cm³/mol. The minimum atomic E-state index is -3.51. The molecule has 202 valence electrons. The number of rotatable bonds is 12. The Morgan fingerprint density at radius 2 is 2.05 bits per heavy atom. The third-order valence-corrected chi connectivity index (χ3v) is 9.09. The molecule has 2 atom stereocenters. The third-order valence-electron chi connectivity index (χ3n) is 7.38. The van der Waals surface area contributed by atoms with Crippen molar-refractivity contribution in [3.05, 3.63) is 82.5 Å². The van der Waals surface area contributed by atoms with Gasteiger partial charge in [-0.3, -0.25) is 5.10 Å². The van der Waals surface area contributed by atoms with Gasteiger partial charge in [-0.05, 0) is 81.4 Å². The van der Waals surface area contributed by atoms with Crippen LogP contribution in [0.5, 0.6) is 0 Å². The SMILES string of the molecule is CC1CCCN1CCCS(=O)(=O)N[C@H](CCc1ccccc1)c1n[nH]c(Cc2c[nH]c3ccc(Cl)cc23)n1. The van der Waals surface area contributed by atoms with Crippen molar-refractivity contribution >= 4 is 32.5 Å². The number of aryl methyl sites for hydroxylation is 1. The molecule has 1 fully saturated rings. The Hall–Kier alpha value is -2.72. The van der Waals surface area contributed by atoms with E-state index in [9.17, 15) is 8.42 Å². The van der Waals surface area contributed by atoms with Gasteiger partial charge in [0.05, 0.1) is 11.8 Å². The van der Waals surface area contributed by atoms with Crippen molar-refractivity contribution < 1.29 is 8.42 Å². The predicted octanol–water partition coefficient (Wildman–Crippen LogP) is 5.00. The Bertz CT molecular complexity index is 1450. The molecule has 4 aromatic rings. The maximum atomic E-state index is 13.1. The zero-order chi connectivity index (χ0) is 26.5. The first-order valence-corrected chi connectivity index (χ1v) is 15.3. The van der Waals surface area contributed by atoms with Gasteiger partial charge in [-0.25, -0.2) is 18.1 Å². The lowest BCUT2D eigenvalue weighted by atomic mass is 10.1. The first-order valence-electron chi connectivity index (χ1n) is 13.3. The van der Waals surface area contributed by atoms with Crippen LogP contribution in [0.2, 0.25) is 5.02 Å². The summed E-state index contributed by atoms with van der Waals surface area (Å²) in [5, 5.41) is 9.16. The molecular weight excluding hydrogens is 520 g/mol. The van der Waals surface area contributed by atoms with Crippen LogP contribution in [0.15, 0.2) is 54.7 Å². The molecule has 2 aromatic heterocycles. The van der Waals surface area contributed by atoms with Gasteiger partial charge in [0, 0.05) is 34.6 Å². The second kappa shape index (κ2) is 12.0. The Morgan fingerprint density at radius 3 is 2.84 bits per heavy atom. The summed E-state index contributed by atoms with van der Waals surface area (Å²) in [6.07, 6.45) is 6.72. The molecule has 38 heavy (non-hydrogen) atoms. The zero-order valence-corrected chi connectivity index (χ0v) is 23.2. The summed E-state index contributed by atoms with van der Waals surface area (Å²) in [6, 6.07) is 15.8. The van der Waals surface area contributed by atoms with E-state index < -0.39 is 16.1 Å². The fourth-order valence-corrected chi connectivity index (χ4v) is 6.73. The first-order chi connectivity index (χ1) is 18.4. The van der Waals surface area contributed by atoms with E-state index in [1.54, 1.807) is 0 Å². The highest BCUT2D eigenvalue weighted by Crippen LogP contribution is 2.25. The maximum absolute atomic E-state index is 13.1. The molecule has 3 heterocycles. The summed E-state index contributed by atoms with van der Waals surface area (Å²) in [5.74, 6) is 1.23. The minimum Gasteiger partial charge on any atom is -0.361 e. The number of halogens is 1. The van der Waals surface area contributed by atoms with Crippen molar-refractivity contribution in [1.82, 2.24) is 29.8 Å². The Labute approximate surface area is 229 Å². The van der Waals surface area contributed by atoms with Crippen LogP contribution in [0.25, 0.3) is 10.9 Å². The molecule has 1 unspecified atom stereocenters. The molecule has 5 rings (SSSR count). The molecule has 0 radical (unpaired) electrons. The average molecular weight is 555 g/mol. The summed E-state index contributed by atoms with van der Waals surface area (Å²) in [5.41, 5.74) is 3.19. The number of aromatic amines is 2. The van der Waals surface area contributed by atoms with Gasteiger partial charge < -0.3 is 9.88 Å². The van der Waals surface area contributed by atoms with Gasteiger partial charge in [0.15, 0.2) is 5.82 Å². The van der Waals surface area contributed by atoms with Crippen LogP contribution in [0, 0.1) is 0 Å². The van der Waals surface area contributed by atoms with Gasteiger partial charge in [0.1, 0.15) is 5.82 Å². The van der Waals surface area contributed by atoms with Crippen LogP contribution < -0.4 is 4.72 Å². The molecule has 0 spiro atoms. The number of hydrogen-bond acceptors (Lipinski definition) is 5. The quantitative estimate of drug-likeness (QED) is 0.228. The summed E-state index contributed by atoms with van der Waals surface area (Å²) in [6.45, 7) is 4.07. The average Bonchev–Trinajstić information content (AvgIpc) is 3.64. The normalized spacial score (nSPS) is 17.4. The summed E-state index contributed by atoms with van der Waals surface area (Å²) >= 11 is 6.21. The highest BCUT2D eigenvalue weighted by molar-refractivity contribution is 7.89. The maximum Gasteiger partial charge on any atom is 0.212 e. The molecule has 0 aliphatic carbocycles. The molecule has 2 aromatic carbocycles. The molecule has 3 N–H and O–H groups in total. The number of likely N-dealkylation sites (tertiary alicyclic amines) is 1. The fraction of sp³-hybridized carbons (Fsp3) is 0.429. The summed E-state index contributed by atoms with van der Waals surface area (Å²) in [4.78, 5) is 10.4. The molecule has 1 saturated heterocycles. The number of H-pyrrole nitrogens is 2. The van der Waals surface area contributed by atoms with E-state index in [1.165, 1.54) is 12.8 Å². The number of hydrogen-bond donors (Lipinski definition) is 3. The Balaban J connectivity index is 1.29. The van der Waals surface area contributed by atoms with Crippen LogP contribution in [-0.2, 0) is 22.9 Å². The largest absolute Gasteiger partial charge is 0.361 e. The van der Waals surface area contributed by atoms with E-state index in [0.717, 1.165) is 35.1 Å². The molecular formula is C28H35ClN6O2S. The van der Waals surface area contributed by atoms with E-state index in [2.05, 4.69) is 31.7 Å². The van der Waals surface area contributed by atoms with Crippen LogP contribution in [0.4, 0.5) is 0 Å². The summed E-state index contributed by atoms with van der Waals surface area (Å²) in [7, 11) is -3.51. The van der Waals surface area contributed by atoms with Crippen LogP contribution in [0.1, 0.15) is 61.4 Å². The standard InChI is InChI=1S/C28H35ClN6O2S/c1-20-7-5-14-35(20)15-6-16-38(36,37)34-26(12-10-21-8-3-2-4-9-21)28-31-27(32-33-28)17-22-19-30-25-13-11-23(29)18-24(22)25/h2-4,8-9,11,13,18-20,26,30,34H,5-7,10,12,14-17H2,1H3,(H,31,32,33)/t20?,26-/m1/s1. The van der Waals surface area contributed by atoms with Crippen LogP contribution >= 0.6 is 11.6 Å². The van der Waals surface area contributed by atoms with Gasteiger partial charge in [-0.1, -0.05) is 41.9 Å². The van der Waals surface area contributed by atoms with Crippen LogP contribution in [0.3, 0.4) is 0 Å². The molecule has 0 saturated carbocycles. The number of fused-ring (bicyclic) bond motifs is 1. The Kier molecular flexibility index (Phi) is 8.48. The second-order valence-corrected chi connectivity index (χ2v) is 12.5. The smallest absolute Gasteiger partial charge is 0.212 e. The zero-order valence-electron chi connectivity index (χ0n) is 21.7. The third kappa shape index (κ3) is 6.83. The number of sulfonamides is 1. The molecule has 8 nitrogen and oxygen atoms in total. The first kappa shape index (κ1) is 26.9. The molecule has 0 amide bonds. The molecule has 10 heteroatoms. The number of nitrogens with zero attached hydrogens (tertiary/aromatic N) is 3. The summed E-state index contributed by atoms with van der Waals surface area (Å²) < 4.78 is 29.1. The molecule has 0 bridgehead atoms. The van der Waals surface area contributed by atoms with Gasteiger partial charge in [-0.2, -0.15) is 5.10 Å². The number of aromatic nitrogens is 4. The minimum absolute atomic E-state index is 0.0887. The molecule has 1 aliphatic rings. The van der Waals surface area contributed by atoms with E-state index in [0.29, 0.717) is 48.4 Å². The lowest BCUT2D eigenvalue weighted by Gasteiger charge is -2.21. The fourth-order valence-electron chi connectivity index (χ4n) is 5.28. The van der Waals surface area contributed by atoms with Crippen molar-refractivity contribution in [2.24, 2.45) is 0 Å². The highest BCUT2D eigenvalue weighted by Gasteiger charge is 2.25. The van der Waals surface area contributed by atoms with Gasteiger partial charge in [0.25, 0.3) is 0 Å². The lowest BCUT2D eigenvalue weighted by molar-refractivity contribution is 0.269. The van der Waals surface area contributed by atoms with Crippen molar-refractivity contribution in [3.8, 4) is 0 Å². The topological polar surface area (TPSA) is 107 Å². The van der Waals surface area contributed by atoms with E-state index in [-0.39, 0.29) is 5.75 Å². The van der Waals surface area contributed by atoms with Crippen molar-refractivity contribution in [2.45, 2.75) is 57.5 Å². The van der Waals surface area contributed by atoms with Crippen molar-refractivity contribution in [3.63, 3.8) is 0 Å². The Morgan fingerprint density at radius 1 is 1.21 bits per heavy atom. The van der Waals surface area contributed by atoms with E-state index in [4.69, 9.17) is 16.6 Å². The lowest BCUT2D eigenvalue weighted by Crippen LogP contribution is -2.34. The number of nitrogens with one attached hydrogen (secondary N) is 3. The molecule has 1 aliphatic heterocycles. The van der Waals surface area contributed by atoms with Crippen LogP contribution in [-0.4, -0.2) is 58.4 Å². The monoisotopic (exact) mass is 554 g/mol.